The van der Waals surface area contributed by atoms with Crippen LogP contribution in [0, 0.1) is 6.92 Å². The van der Waals surface area contributed by atoms with Crippen molar-refractivity contribution in [2.24, 2.45) is 0 Å². The number of halogens is 3. The largest absolute Gasteiger partial charge is 0.496 e. The van der Waals surface area contributed by atoms with E-state index in [1.54, 1.807) is 31.4 Å². The number of aromatic amines is 1. The van der Waals surface area contributed by atoms with E-state index in [-0.39, 0.29) is 17.6 Å². The number of piperidine rings is 1. The normalized spacial score (nSPS) is 19.4. The molecule has 2 atom stereocenters. The molecule has 9 heteroatoms. The minimum absolute atomic E-state index is 0.164. The molecule has 2 aromatic carbocycles. The molecule has 0 unspecified atom stereocenters. The maximum Gasteiger partial charge on any atom is 0.401 e. The molecular weight excluding hydrogens is 447 g/mol. The number of aromatic carboxylic acids is 1. The van der Waals surface area contributed by atoms with Crippen LogP contribution in [0.3, 0.4) is 0 Å². The zero-order valence-electron chi connectivity index (χ0n) is 19.1. The molecular formula is C25H28F3N3O3. The van der Waals surface area contributed by atoms with Crippen LogP contribution >= 0.6 is 0 Å². The topological polar surface area (TPSA) is 77.6 Å². The number of alkyl halides is 3. The van der Waals surface area contributed by atoms with Gasteiger partial charge in [0.25, 0.3) is 0 Å². The fourth-order valence-corrected chi connectivity index (χ4v) is 4.94. The van der Waals surface area contributed by atoms with Crippen molar-refractivity contribution in [2.45, 2.75) is 44.6 Å². The number of rotatable bonds is 7. The van der Waals surface area contributed by atoms with Gasteiger partial charge in [-0.25, -0.2) is 4.79 Å². The van der Waals surface area contributed by atoms with Gasteiger partial charge >= 0.3 is 12.1 Å². The number of likely N-dealkylation sites (tertiary alicyclic amines) is 1. The Morgan fingerprint density at radius 3 is 2.76 bits per heavy atom. The summed E-state index contributed by atoms with van der Waals surface area (Å²) in [5.41, 5.74) is 3.77. The first kappa shape index (κ1) is 24.1. The Morgan fingerprint density at radius 1 is 1.29 bits per heavy atom. The van der Waals surface area contributed by atoms with Gasteiger partial charge in [-0.05, 0) is 49.1 Å². The van der Waals surface area contributed by atoms with E-state index in [0.29, 0.717) is 31.5 Å². The number of ether oxygens (including phenoxy) is 1. The van der Waals surface area contributed by atoms with Crippen LogP contribution in [0.5, 0.6) is 5.75 Å². The Labute approximate surface area is 195 Å². The van der Waals surface area contributed by atoms with Gasteiger partial charge in [-0.3, -0.25) is 4.90 Å². The molecule has 6 nitrogen and oxygen atoms in total. The number of aromatic nitrogens is 1. The van der Waals surface area contributed by atoms with Gasteiger partial charge in [0.05, 0.1) is 19.2 Å². The van der Waals surface area contributed by atoms with Crippen LogP contribution in [0.2, 0.25) is 0 Å². The minimum Gasteiger partial charge on any atom is -0.496 e. The number of nitrogens with one attached hydrogen (secondary N) is 2. The predicted octanol–water partition coefficient (Wildman–Crippen LogP) is 5.04. The highest BCUT2D eigenvalue weighted by Crippen LogP contribution is 2.38. The lowest BCUT2D eigenvalue weighted by Crippen LogP contribution is -2.46. The second-order valence-corrected chi connectivity index (χ2v) is 8.74. The summed E-state index contributed by atoms with van der Waals surface area (Å²) >= 11 is 0. The highest BCUT2D eigenvalue weighted by atomic mass is 19.4. The Bertz CT molecular complexity index is 1180. The number of fused-ring (bicyclic) bond motifs is 1. The lowest BCUT2D eigenvalue weighted by molar-refractivity contribution is -0.127. The number of methoxy groups -OCH3 is 1. The van der Waals surface area contributed by atoms with Crippen molar-refractivity contribution in [3.8, 4) is 5.75 Å². The molecule has 3 N–H and O–H groups in total. The molecule has 0 spiro atoms. The van der Waals surface area contributed by atoms with Crippen LogP contribution in [0.1, 0.15) is 45.9 Å². The molecule has 182 valence electrons. The number of hydrogen-bond acceptors (Lipinski definition) is 4. The minimum atomic E-state index is -4.30. The van der Waals surface area contributed by atoms with Crippen LogP contribution < -0.4 is 10.1 Å². The quantitative estimate of drug-likeness (QED) is 0.446. The molecule has 0 radical (unpaired) electrons. The molecule has 1 aliphatic rings. The molecule has 2 heterocycles. The van der Waals surface area contributed by atoms with Crippen molar-refractivity contribution < 1.29 is 27.8 Å². The second kappa shape index (κ2) is 9.68. The lowest BCUT2D eigenvalue weighted by Gasteiger charge is -2.41. The standard InChI is InChI=1S/C25H28F3N3O3/c1-15-11-22(34-2)20(18-7-9-29-23(15)18)13-31-10-8-16(30-14-25(26,27)28)12-21(31)17-5-3-4-6-19(17)24(32)33/h3-7,9,11,16,21,29-30H,8,10,12-14H2,1-2H3,(H,32,33)/t16-,21+/m0/s1. The van der Waals surface area contributed by atoms with Gasteiger partial charge in [-0.2, -0.15) is 13.2 Å². The van der Waals surface area contributed by atoms with Gasteiger partial charge in [0.2, 0.25) is 0 Å². The van der Waals surface area contributed by atoms with Crippen molar-refractivity contribution in [1.82, 2.24) is 15.2 Å². The van der Waals surface area contributed by atoms with Crippen LogP contribution in [-0.4, -0.2) is 53.4 Å². The van der Waals surface area contributed by atoms with Gasteiger partial charge in [0.1, 0.15) is 5.75 Å². The summed E-state index contributed by atoms with van der Waals surface area (Å²) < 4.78 is 44.2. The number of carboxylic acid groups (broad SMARTS) is 1. The molecule has 1 saturated heterocycles. The molecule has 0 bridgehead atoms. The third-order valence-corrected chi connectivity index (χ3v) is 6.55. The second-order valence-electron chi connectivity index (χ2n) is 8.74. The molecule has 1 fully saturated rings. The van der Waals surface area contributed by atoms with Crippen molar-refractivity contribution in [1.29, 1.82) is 0 Å². The van der Waals surface area contributed by atoms with Gasteiger partial charge < -0.3 is 20.1 Å². The molecule has 1 aliphatic heterocycles. The molecule has 34 heavy (non-hydrogen) atoms. The van der Waals surface area contributed by atoms with E-state index < -0.39 is 18.7 Å². The molecule has 3 aromatic rings. The molecule has 1 aromatic heterocycles. The summed E-state index contributed by atoms with van der Waals surface area (Å²) in [7, 11) is 1.61. The highest BCUT2D eigenvalue weighted by Gasteiger charge is 2.35. The van der Waals surface area contributed by atoms with E-state index in [1.165, 1.54) is 0 Å². The Balaban J connectivity index is 1.70. The van der Waals surface area contributed by atoms with Crippen molar-refractivity contribution in [3.63, 3.8) is 0 Å². The molecule has 0 aliphatic carbocycles. The van der Waals surface area contributed by atoms with Gasteiger partial charge in [0, 0.05) is 47.8 Å². The summed E-state index contributed by atoms with van der Waals surface area (Å²) in [6.07, 6.45) is -1.55. The maximum absolute atomic E-state index is 12.8. The Morgan fingerprint density at radius 2 is 2.06 bits per heavy atom. The van der Waals surface area contributed by atoms with Crippen molar-refractivity contribution in [3.05, 3.63) is 64.8 Å². The van der Waals surface area contributed by atoms with Crippen LogP contribution in [0.15, 0.2) is 42.6 Å². The number of H-pyrrole nitrogens is 1. The number of aryl methyl sites for hydroxylation is 1. The van der Waals surface area contributed by atoms with E-state index in [9.17, 15) is 23.1 Å². The third kappa shape index (κ3) is 5.05. The summed E-state index contributed by atoms with van der Waals surface area (Å²) in [5.74, 6) is -0.325. The zero-order valence-corrected chi connectivity index (χ0v) is 19.1. The van der Waals surface area contributed by atoms with E-state index >= 15 is 0 Å². The van der Waals surface area contributed by atoms with E-state index in [4.69, 9.17) is 4.74 Å². The molecule has 0 amide bonds. The first-order valence-corrected chi connectivity index (χ1v) is 11.2. The van der Waals surface area contributed by atoms with Crippen molar-refractivity contribution in [2.75, 3.05) is 20.2 Å². The lowest BCUT2D eigenvalue weighted by atomic mass is 9.88. The monoisotopic (exact) mass is 475 g/mol. The van der Waals surface area contributed by atoms with E-state index in [2.05, 4.69) is 15.2 Å². The van der Waals surface area contributed by atoms with Crippen LogP contribution in [-0.2, 0) is 6.54 Å². The zero-order chi connectivity index (χ0) is 24.5. The average molecular weight is 476 g/mol. The first-order chi connectivity index (χ1) is 16.2. The maximum atomic E-state index is 12.8. The van der Waals surface area contributed by atoms with E-state index in [1.807, 2.05) is 25.3 Å². The molecule has 4 rings (SSSR count). The predicted molar refractivity (Wildman–Crippen MR) is 123 cm³/mol. The van der Waals surface area contributed by atoms with Gasteiger partial charge in [0.15, 0.2) is 0 Å². The summed E-state index contributed by atoms with van der Waals surface area (Å²) in [4.78, 5) is 17.3. The summed E-state index contributed by atoms with van der Waals surface area (Å²) in [5, 5.41) is 13.4. The number of hydrogen-bond donors (Lipinski definition) is 3. The van der Waals surface area contributed by atoms with Gasteiger partial charge in [-0.1, -0.05) is 18.2 Å². The van der Waals surface area contributed by atoms with Gasteiger partial charge in [-0.15, -0.1) is 0 Å². The number of carbonyl (C=O) groups is 1. The average Bonchev–Trinajstić information content (AvgIpc) is 3.30. The fraction of sp³-hybridized carbons (Fsp3) is 0.400. The Kier molecular flexibility index (Phi) is 6.86. The molecule has 0 saturated carbocycles. The first-order valence-electron chi connectivity index (χ1n) is 11.2. The number of benzene rings is 2. The number of carboxylic acids is 1. The SMILES string of the molecule is COc1cc(C)c2[nH]ccc2c1CN1CC[C@H](NCC(F)(F)F)C[C@@H]1c1ccccc1C(=O)O. The summed E-state index contributed by atoms with van der Waals surface area (Å²) in [6, 6.07) is 9.92. The third-order valence-electron chi connectivity index (χ3n) is 6.55. The van der Waals surface area contributed by atoms with E-state index in [0.717, 1.165) is 27.8 Å². The smallest absolute Gasteiger partial charge is 0.401 e. The van der Waals surface area contributed by atoms with Crippen LogP contribution in [0.25, 0.3) is 10.9 Å². The van der Waals surface area contributed by atoms with Crippen LogP contribution in [0.4, 0.5) is 13.2 Å². The number of nitrogens with zero attached hydrogens (tertiary/aromatic N) is 1. The fourth-order valence-electron chi connectivity index (χ4n) is 4.94. The Hall–Kier alpha value is -3.04. The highest BCUT2D eigenvalue weighted by molar-refractivity contribution is 5.90. The summed E-state index contributed by atoms with van der Waals surface area (Å²) in [6.45, 7) is 1.91. The van der Waals surface area contributed by atoms with Crippen molar-refractivity contribution >= 4 is 16.9 Å².